The fourth-order valence-corrected chi connectivity index (χ4v) is 3.91. The molecule has 5 nitrogen and oxygen atoms in total. The highest BCUT2D eigenvalue weighted by atomic mass is 16.3. The van der Waals surface area contributed by atoms with Gasteiger partial charge < -0.3 is 14.6 Å². The van der Waals surface area contributed by atoms with Crippen LogP contribution < -0.4 is 5.32 Å². The summed E-state index contributed by atoms with van der Waals surface area (Å²) in [5, 5.41) is 4.97. The van der Waals surface area contributed by atoms with E-state index in [-0.39, 0.29) is 11.8 Å². The van der Waals surface area contributed by atoms with Crippen molar-refractivity contribution in [2.75, 3.05) is 11.9 Å². The summed E-state index contributed by atoms with van der Waals surface area (Å²) in [7, 11) is 0. The number of amides is 2. The number of hydrogen-bond donors (Lipinski definition) is 1. The van der Waals surface area contributed by atoms with Gasteiger partial charge in [0.1, 0.15) is 11.2 Å². The van der Waals surface area contributed by atoms with Crippen LogP contribution in [0.3, 0.4) is 0 Å². The number of benzene rings is 3. The molecule has 4 aromatic rings. The van der Waals surface area contributed by atoms with Crippen molar-refractivity contribution < 1.29 is 14.0 Å². The van der Waals surface area contributed by atoms with Crippen LogP contribution in [0.25, 0.3) is 21.9 Å². The molecule has 1 aromatic heterocycles. The highest BCUT2D eigenvalue weighted by molar-refractivity contribution is 6.09. The summed E-state index contributed by atoms with van der Waals surface area (Å²) in [5.74, 6) is 0.00671. The van der Waals surface area contributed by atoms with Crippen LogP contribution in [-0.4, -0.2) is 23.3 Å². The summed E-state index contributed by atoms with van der Waals surface area (Å²) >= 11 is 0. The summed E-state index contributed by atoms with van der Waals surface area (Å²) in [4.78, 5) is 26.5. The van der Waals surface area contributed by atoms with E-state index in [4.69, 9.17) is 4.42 Å². The molecular formula is C24H20N2O3. The van der Waals surface area contributed by atoms with Gasteiger partial charge in [-0.15, -0.1) is 0 Å². The molecule has 0 unspecified atom stereocenters. The topological polar surface area (TPSA) is 62.6 Å². The number of likely N-dealkylation sites (tertiary alicyclic amines) is 1. The quantitative estimate of drug-likeness (QED) is 0.541. The van der Waals surface area contributed by atoms with Crippen LogP contribution in [0, 0.1) is 0 Å². The normalized spacial score (nSPS) is 14.1. The molecule has 29 heavy (non-hydrogen) atoms. The molecule has 0 atom stereocenters. The van der Waals surface area contributed by atoms with Crippen molar-refractivity contribution in [2.24, 2.45) is 0 Å². The maximum absolute atomic E-state index is 12.8. The average Bonchev–Trinajstić information content (AvgIpc) is 3.31. The van der Waals surface area contributed by atoms with Crippen molar-refractivity contribution in [3.05, 3.63) is 77.9 Å². The van der Waals surface area contributed by atoms with Crippen molar-refractivity contribution in [1.29, 1.82) is 0 Å². The summed E-state index contributed by atoms with van der Waals surface area (Å²) in [6.07, 6.45) is 1.52. The van der Waals surface area contributed by atoms with Gasteiger partial charge in [0.25, 0.3) is 5.91 Å². The third kappa shape index (κ3) is 3.36. The summed E-state index contributed by atoms with van der Waals surface area (Å²) in [6, 6.07) is 21.0. The van der Waals surface area contributed by atoms with E-state index in [1.807, 2.05) is 65.6 Å². The number of carbonyl (C=O) groups excluding carboxylic acids is 2. The number of fused-ring (bicyclic) bond motifs is 3. The molecule has 0 aliphatic carbocycles. The minimum atomic E-state index is -0.174. The molecule has 0 radical (unpaired) electrons. The molecule has 5 rings (SSSR count). The first kappa shape index (κ1) is 17.5. The number of hydrogen-bond acceptors (Lipinski definition) is 3. The Kier molecular flexibility index (Phi) is 4.28. The first-order valence-electron chi connectivity index (χ1n) is 9.77. The fourth-order valence-electron chi connectivity index (χ4n) is 3.91. The second-order valence-corrected chi connectivity index (χ2v) is 7.38. The molecule has 1 fully saturated rings. The second kappa shape index (κ2) is 7.09. The van der Waals surface area contributed by atoms with E-state index in [9.17, 15) is 9.59 Å². The van der Waals surface area contributed by atoms with Crippen LogP contribution in [0.2, 0.25) is 0 Å². The molecule has 1 N–H and O–H groups in total. The van der Waals surface area contributed by atoms with Crippen LogP contribution >= 0.6 is 0 Å². The number of nitrogens with zero attached hydrogens (tertiary/aromatic N) is 1. The molecule has 3 aromatic carbocycles. The lowest BCUT2D eigenvalue weighted by molar-refractivity contribution is -0.128. The van der Waals surface area contributed by atoms with Crippen LogP contribution in [0.1, 0.15) is 28.8 Å². The molecule has 2 amide bonds. The lowest BCUT2D eigenvalue weighted by Gasteiger charge is -2.16. The monoisotopic (exact) mass is 384 g/mol. The van der Waals surface area contributed by atoms with Gasteiger partial charge in [0.2, 0.25) is 5.91 Å². The minimum Gasteiger partial charge on any atom is -0.456 e. The Hall–Kier alpha value is -3.60. The zero-order chi connectivity index (χ0) is 19.8. The standard InChI is InChI=1S/C24H20N2O3/c27-23-9-4-12-26(23)15-16-5-3-6-17(13-16)24(28)25-18-10-11-22-20(14-18)19-7-1-2-8-21(19)29-22/h1-3,5-8,10-11,13-14H,4,9,12,15H2,(H,25,28). The molecule has 0 spiro atoms. The third-order valence-corrected chi connectivity index (χ3v) is 5.37. The number of carbonyl (C=O) groups is 2. The Morgan fingerprint density at radius 3 is 2.69 bits per heavy atom. The number of furan rings is 1. The Morgan fingerprint density at radius 2 is 1.83 bits per heavy atom. The Labute approximate surface area is 167 Å². The van der Waals surface area contributed by atoms with Crippen molar-refractivity contribution in [3.8, 4) is 0 Å². The van der Waals surface area contributed by atoms with Crippen molar-refractivity contribution in [2.45, 2.75) is 19.4 Å². The van der Waals surface area contributed by atoms with Crippen molar-refractivity contribution in [3.63, 3.8) is 0 Å². The maximum Gasteiger partial charge on any atom is 0.255 e. The number of anilines is 1. The largest absolute Gasteiger partial charge is 0.456 e. The average molecular weight is 384 g/mol. The van der Waals surface area contributed by atoms with E-state index < -0.39 is 0 Å². The molecular weight excluding hydrogens is 364 g/mol. The minimum absolute atomic E-state index is 0.174. The van der Waals surface area contributed by atoms with Gasteiger partial charge in [0.05, 0.1) is 0 Å². The van der Waals surface area contributed by atoms with E-state index in [2.05, 4.69) is 5.32 Å². The van der Waals surface area contributed by atoms with E-state index in [1.54, 1.807) is 6.07 Å². The van der Waals surface area contributed by atoms with E-state index in [0.29, 0.717) is 24.2 Å². The molecule has 1 aliphatic rings. The van der Waals surface area contributed by atoms with E-state index in [0.717, 1.165) is 40.5 Å². The predicted molar refractivity (Wildman–Crippen MR) is 113 cm³/mol. The van der Waals surface area contributed by atoms with Gasteiger partial charge in [-0.05, 0) is 48.4 Å². The molecule has 0 bridgehead atoms. The van der Waals surface area contributed by atoms with Gasteiger partial charge in [-0.25, -0.2) is 0 Å². The summed E-state index contributed by atoms with van der Waals surface area (Å²) in [5.41, 5.74) is 3.88. The Morgan fingerprint density at radius 1 is 0.966 bits per heavy atom. The summed E-state index contributed by atoms with van der Waals surface area (Å²) in [6.45, 7) is 1.33. The summed E-state index contributed by atoms with van der Waals surface area (Å²) < 4.78 is 5.84. The Bertz CT molecular complexity index is 1240. The second-order valence-electron chi connectivity index (χ2n) is 7.38. The predicted octanol–water partition coefficient (Wildman–Crippen LogP) is 4.96. The van der Waals surface area contributed by atoms with Crippen LogP contribution in [0.4, 0.5) is 5.69 Å². The van der Waals surface area contributed by atoms with Gasteiger partial charge >= 0.3 is 0 Å². The molecule has 0 saturated carbocycles. The molecule has 144 valence electrons. The third-order valence-electron chi connectivity index (χ3n) is 5.37. The lowest BCUT2D eigenvalue weighted by atomic mass is 10.1. The first-order chi connectivity index (χ1) is 14.2. The highest BCUT2D eigenvalue weighted by Gasteiger charge is 2.20. The molecule has 5 heteroatoms. The SMILES string of the molecule is O=C(Nc1ccc2oc3ccccc3c2c1)c1cccc(CN2CCCC2=O)c1. The Balaban J connectivity index is 1.38. The maximum atomic E-state index is 12.8. The molecule has 1 saturated heterocycles. The number of nitrogens with one attached hydrogen (secondary N) is 1. The zero-order valence-corrected chi connectivity index (χ0v) is 15.9. The molecule has 2 heterocycles. The van der Waals surface area contributed by atoms with Gasteiger partial charge in [-0.1, -0.05) is 30.3 Å². The van der Waals surface area contributed by atoms with Crippen LogP contribution in [0.15, 0.2) is 71.1 Å². The van der Waals surface area contributed by atoms with E-state index in [1.165, 1.54) is 0 Å². The van der Waals surface area contributed by atoms with Gasteiger partial charge in [-0.2, -0.15) is 0 Å². The number of para-hydroxylation sites is 1. The van der Waals surface area contributed by atoms with Crippen LogP contribution in [0.5, 0.6) is 0 Å². The highest BCUT2D eigenvalue weighted by Crippen LogP contribution is 2.30. The van der Waals surface area contributed by atoms with Gasteiger partial charge in [0, 0.05) is 41.5 Å². The molecule has 1 aliphatic heterocycles. The van der Waals surface area contributed by atoms with E-state index >= 15 is 0 Å². The van der Waals surface area contributed by atoms with Gasteiger partial charge in [0.15, 0.2) is 0 Å². The lowest BCUT2D eigenvalue weighted by Crippen LogP contribution is -2.24. The smallest absolute Gasteiger partial charge is 0.255 e. The van der Waals surface area contributed by atoms with Crippen molar-refractivity contribution in [1.82, 2.24) is 4.90 Å². The first-order valence-corrected chi connectivity index (χ1v) is 9.77. The van der Waals surface area contributed by atoms with Gasteiger partial charge in [-0.3, -0.25) is 9.59 Å². The fraction of sp³-hybridized carbons (Fsp3) is 0.167. The number of rotatable bonds is 4. The van der Waals surface area contributed by atoms with Crippen molar-refractivity contribution >= 4 is 39.4 Å². The van der Waals surface area contributed by atoms with Crippen LogP contribution in [-0.2, 0) is 11.3 Å². The zero-order valence-electron chi connectivity index (χ0n) is 15.9.